The van der Waals surface area contributed by atoms with Crippen LogP contribution in [0.5, 0.6) is 0 Å². The summed E-state index contributed by atoms with van der Waals surface area (Å²) in [7, 11) is 0. The van der Waals surface area contributed by atoms with Crippen LogP contribution in [0.4, 0.5) is 0 Å². The van der Waals surface area contributed by atoms with Crippen molar-refractivity contribution in [2.24, 2.45) is 0 Å². The third kappa shape index (κ3) is 8.41. The highest BCUT2D eigenvalue weighted by atomic mass is 32.1. The van der Waals surface area contributed by atoms with Crippen molar-refractivity contribution in [2.75, 3.05) is 5.75 Å². The molecule has 0 aliphatic rings. The predicted molar refractivity (Wildman–Crippen MR) is 57.9 cm³/mol. The van der Waals surface area contributed by atoms with Crippen LogP contribution < -0.4 is 0 Å². The molecule has 0 rings (SSSR count). The molecular formula is C10H22OS. The summed E-state index contributed by atoms with van der Waals surface area (Å²) in [6.07, 6.45) is 8.10. The zero-order valence-electron chi connectivity index (χ0n) is 8.13. The van der Waals surface area contributed by atoms with E-state index < -0.39 is 0 Å². The Morgan fingerprint density at radius 3 is 2.33 bits per heavy atom. The molecule has 0 amide bonds. The lowest BCUT2D eigenvalue weighted by molar-refractivity contribution is 0.158. The Balaban J connectivity index is 2.97. The Morgan fingerprint density at radius 2 is 1.75 bits per heavy atom. The minimum atomic E-state index is -0.107. The molecule has 0 saturated heterocycles. The van der Waals surface area contributed by atoms with Crippen molar-refractivity contribution in [3.8, 4) is 0 Å². The Morgan fingerprint density at radius 1 is 1.08 bits per heavy atom. The van der Waals surface area contributed by atoms with Gasteiger partial charge in [0.2, 0.25) is 0 Å². The van der Waals surface area contributed by atoms with Crippen LogP contribution in [-0.2, 0) is 0 Å². The zero-order chi connectivity index (χ0) is 9.23. The van der Waals surface area contributed by atoms with Gasteiger partial charge >= 0.3 is 0 Å². The van der Waals surface area contributed by atoms with Crippen LogP contribution in [0.1, 0.15) is 51.9 Å². The van der Waals surface area contributed by atoms with Gasteiger partial charge in [-0.1, -0.05) is 39.0 Å². The van der Waals surface area contributed by atoms with Crippen molar-refractivity contribution >= 4 is 12.6 Å². The lowest BCUT2D eigenvalue weighted by Crippen LogP contribution is -2.06. The highest BCUT2D eigenvalue weighted by molar-refractivity contribution is 7.80. The van der Waals surface area contributed by atoms with Gasteiger partial charge < -0.3 is 5.11 Å². The summed E-state index contributed by atoms with van der Waals surface area (Å²) in [5.74, 6) is 0.802. The molecule has 0 aliphatic heterocycles. The molecule has 1 N–H and O–H groups in total. The molecule has 0 bridgehead atoms. The zero-order valence-corrected chi connectivity index (χ0v) is 9.02. The molecule has 0 heterocycles. The molecule has 0 radical (unpaired) electrons. The van der Waals surface area contributed by atoms with E-state index in [0.29, 0.717) is 0 Å². The predicted octanol–water partition coefficient (Wildman–Crippen LogP) is 3.03. The first-order chi connectivity index (χ1) is 5.81. The van der Waals surface area contributed by atoms with Gasteiger partial charge in [0, 0.05) is 0 Å². The summed E-state index contributed by atoms with van der Waals surface area (Å²) >= 11 is 4.08. The van der Waals surface area contributed by atoms with Crippen LogP contribution in [0.2, 0.25) is 0 Å². The minimum absolute atomic E-state index is 0.107. The maximum absolute atomic E-state index is 9.36. The summed E-state index contributed by atoms with van der Waals surface area (Å²) < 4.78 is 0. The van der Waals surface area contributed by atoms with Crippen LogP contribution in [0, 0.1) is 0 Å². The molecule has 0 spiro atoms. The summed E-state index contributed by atoms with van der Waals surface area (Å²) in [5, 5.41) is 9.36. The van der Waals surface area contributed by atoms with E-state index in [1.165, 1.54) is 32.1 Å². The smallest absolute Gasteiger partial charge is 0.0548 e. The maximum atomic E-state index is 9.36. The Kier molecular flexibility index (Phi) is 9.64. The van der Waals surface area contributed by atoms with Crippen molar-refractivity contribution < 1.29 is 5.11 Å². The first-order valence-electron chi connectivity index (χ1n) is 5.10. The summed E-state index contributed by atoms with van der Waals surface area (Å²) in [5.41, 5.74) is 0. The SMILES string of the molecule is CCCCCCC[C@@H](O)CCS. The summed E-state index contributed by atoms with van der Waals surface area (Å²) in [6.45, 7) is 2.22. The van der Waals surface area contributed by atoms with E-state index in [1.54, 1.807) is 0 Å². The van der Waals surface area contributed by atoms with Gasteiger partial charge in [0.1, 0.15) is 0 Å². The van der Waals surface area contributed by atoms with Gasteiger partial charge in [-0.15, -0.1) is 0 Å². The second-order valence-electron chi connectivity index (χ2n) is 3.37. The quantitative estimate of drug-likeness (QED) is 0.445. The van der Waals surface area contributed by atoms with E-state index in [2.05, 4.69) is 19.6 Å². The van der Waals surface area contributed by atoms with Gasteiger partial charge in [0.15, 0.2) is 0 Å². The molecule has 0 aromatic rings. The number of hydrogen-bond acceptors (Lipinski definition) is 2. The van der Waals surface area contributed by atoms with Gasteiger partial charge in [0.05, 0.1) is 6.10 Å². The monoisotopic (exact) mass is 190 g/mol. The van der Waals surface area contributed by atoms with E-state index in [9.17, 15) is 5.11 Å². The largest absolute Gasteiger partial charge is 0.393 e. The van der Waals surface area contributed by atoms with Crippen LogP contribution in [0.25, 0.3) is 0 Å². The van der Waals surface area contributed by atoms with E-state index in [-0.39, 0.29) is 6.10 Å². The van der Waals surface area contributed by atoms with Crippen molar-refractivity contribution in [1.82, 2.24) is 0 Å². The minimum Gasteiger partial charge on any atom is -0.393 e. The van der Waals surface area contributed by atoms with Gasteiger partial charge in [-0.25, -0.2) is 0 Å². The molecule has 0 unspecified atom stereocenters. The van der Waals surface area contributed by atoms with Crippen molar-refractivity contribution in [2.45, 2.75) is 58.0 Å². The summed E-state index contributed by atoms with van der Waals surface area (Å²) in [4.78, 5) is 0. The van der Waals surface area contributed by atoms with Crippen molar-refractivity contribution in [3.63, 3.8) is 0 Å². The number of aliphatic hydroxyl groups excluding tert-OH is 1. The standard InChI is InChI=1S/C10H22OS/c1-2-3-4-5-6-7-10(11)8-9-12/h10-12H,2-9H2,1H3/t10-/m1/s1. The number of rotatable bonds is 8. The second kappa shape index (κ2) is 9.40. The van der Waals surface area contributed by atoms with Gasteiger partial charge in [-0.3, -0.25) is 0 Å². The lowest BCUT2D eigenvalue weighted by atomic mass is 10.1. The Bertz CT molecular complexity index is 85.9. The second-order valence-corrected chi connectivity index (χ2v) is 3.82. The van der Waals surface area contributed by atoms with E-state index in [4.69, 9.17) is 0 Å². The summed E-state index contributed by atoms with van der Waals surface area (Å²) in [6, 6.07) is 0. The normalized spacial score (nSPS) is 13.2. The molecule has 12 heavy (non-hydrogen) atoms. The van der Waals surface area contributed by atoms with Gasteiger partial charge in [0.25, 0.3) is 0 Å². The van der Waals surface area contributed by atoms with Crippen LogP contribution in [0.15, 0.2) is 0 Å². The number of thiol groups is 1. The van der Waals surface area contributed by atoms with E-state index in [0.717, 1.165) is 18.6 Å². The fraction of sp³-hybridized carbons (Fsp3) is 1.00. The topological polar surface area (TPSA) is 20.2 Å². The fourth-order valence-corrected chi connectivity index (χ4v) is 1.57. The molecule has 0 aromatic heterocycles. The Hall–Kier alpha value is 0.310. The van der Waals surface area contributed by atoms with E-state index >= 15 is 0 Å². The van der Waals surface area contributed by atoms with Crippen LogP contribution in [-0.4, -0.2) is 17.0 Å². The highest BCUT2D eigenvalue weighted by Gasteiger charge is 2.01. The first-order valence-corrected chi connectivity index (χ1v) is 5.73. The molecule has 1 nitrogen and oxygen atoms in total. The maximum Gasteiger partial charge on any atom is 0.0548 e. The highest BCUT2D eigenvalue weighted by Crippen LogP contribution is 2.09. The molecule has 0 aliphatic carbocycles. The van der Waals surface area contributed by atoms with Crippen molar-refractivity contribution in [1.29, 1.82) is 0 Å². The third-order valence-corrected chi connectivity index (χ3v) is 2.36. The molecule has 2 heteroatoms. The average molecular weight is 190 g/mol. The molecular weight excluding hydrogens is 168 g/mol. The fourth-order valence-electron chi connectivity index (χ4n) is 1.28. The van der Waals surface area contributed by atoms with Crippen molar-refractivity contribution in [3.05, 3.63) is 0 Å². The van der Waals surface area contributed by atoms with E-state index in [1.807, 2.05) is 0 Å². The average Bonchev–Trinajstić information content (AvgIpc) is 2.05. The lowest BCUT2D eigenvalue weighted by Gasteiger charge is -2.07. The number of hydrogen-bond donors (Lipinski definition) is 2. The third-order valence-electron chi connectivity index (χ3n) is 2.10. The number of aliphatic hydroxyl groups is 1. The molecule has 0 fully saturated rings. The number of unbranched alkanes of at least 4 members (excludes halogenated alkanes) is 4. The van der Waals surface area contributed by atoms with Gasteiger partial charge in [-0.2, -0.15) is 12.6 Å². The Labute approximate surface area is 82.0 Å². The van der Waals surface area contributed by atoms with Crippen LogP contribution in [0.3, 0.4) is 0 Å². The molecule has 74 valence electrons. The molecule has 0 saturated carbocycles. The van der Waals surface area contributed by atoms with Crippen LogP contribution >= 0.6 is 12.6 Å². The molecule has 0 aromatic carbocycles. The first kappa shape index (κ1) is 12.3. The van der Waals surface area contributed by atoms with Gasteiger partial charge in [-0.05, 0) is 18.6 Å². The molecule has 1 atom stereocenters.